The molecule has 0 saturated heterocycles. The first-order valence-corrected chi connectivity index (χ1v) is 8.35. The van der Waals surface area contributed by atoms with Gasteiger partial charge in [0.15, 0.2) is 0 Å². The quantitative estimate of drug-likeness (QED) is 0.266. The Labute approximate surface area is 153 Å². The number of nitrogens with zero attached hydrogens (tertiary/aromatic N) is 1. The lowest BCUT2D eigenvalue weighted by atomic mass is 10.0. The molecule has 2 atom stereocenters. The molecule has 0 aliphatic carbocycles. The molecule has 0 saturated carbocycles. The van der Waals surface area contributed by atoms with Crippen molar-refractivity contribution in [3.8, 4) is 0 Å². The highest BCUT2D eigenvalue weighted by molar-refractivity contribution is 7.84. The fraction of sp³-hybridized carbons (Fsp3) is 0.733. The largest absolute Gasteiger partial charge is 0.469 e. The molecule has 0 N–H and O–H groups in total. The molecule has 2 unspecified atom stereocenters. The van der Waals surface area contributed by atoms with Gasteiger partial charge in [-0.2, -0.15) is 0 Å². The number of thiol groups is 1. The first-order valence-electron chi connectivity index (χ1n) is 7.54. The third-order valence-corrected chi connectivity index (χ3v) is 4.64. The van der Waals surface area contributed by atoms with Gasteiger partial charge in [-0.25, -0.2) is 0 Å². The molecule has 0 bridgehead atoms. The molecule has 0 heterocycles. The van der Waals surface area contributed by atoms with Crippen molar-refractivity contribution >= 4 is 47.9 Å². The number of carbonyl (C=O) groups is 3. The predicted molar refractivity (Wildman–Crippen MR) is 95.5 cm³/mol. The molecule has 0 rings (SSSR count). The van der Waals surface area contributed by atoms with Crippen molar-refractivity contribution in [1.29, 1.82) is 0 Å². The van der Waals surface area contributed by atoms with Crippen LogP contribution in [0.4, 0.5) is 0 Å². The average molecular weight is 380 g/mol. The van der Waals surface area contributed by atoms with E-state index in [4.69, 9.17) is 17.0 Å². The van der Waals surface area contributed by atoms with E-state index in [0.717, 1.165) is 0 Å². The van der Waals surface area contributed by atoms with Crippen LogP contribution in [0.15, 0.2) is 0 Å². The maximum Gasteiger partial charge on any atom is 0.316 e. The minimum Gasteiger partial charge on any atom is -0.469 e. The molecule has 0 amide bonds. The number of esters is 3. The standard InChI is InChI=1S/C15H25NO6S2/c1-5-10(14(18)21-3)7-6-8-16(24)13(23)11(15(19)22-4)9-12(17)20-2/h10-11,24H,5-9H2,1-4H3. The van der Waals surface area contributed by atoms with Crippen molar-refractivity contribution in [2.75, 3.05) is 27.9 Å². The number of thiocarbonyl (C=S) groups is 1. The molecule has 0 aliphatic rings. The molecule has 9 heteroatoms. The van der Waals surface area contributed by atoms with Gasteiger partial charge in [0, 0.05) is 6.54 Å². The van der Waals surface area contributed by atoms with Crippen LogP contribution in [-0.2, 0) is 28.6 Å². The Balaban J connectivity index is 4.66. The number of ether oxygens (including phenoxy) is 3. The fourth-order valence-corrected chi connectivity index (χ4v) is 2.65. The Bertz CT molecular complexity index is 457. The number of hydrogen-bond donors (Lipinski definition) is 1. The van der Waals surface area contributed by atoms with Crippen molar-refractivity contribution < 1.29 is 28.6 Å². The maximum atomic E-state index is 11.8. The smallest absolute Gasteiger partial charge is 0.316 e. The molecular formula is C15H25NO6S2. The van der Waals surface area contributed by atoms with Crippen LogP contribution in [0.1, 0.15) is 32.6 Å². The summed E-state index contributed by atoms with van der Waals surface area (Å²) < 4.78 is 15.4. The van der Waals surface area contributed by atoms with Gasteiger partial charge >= 0.3 is 17.9 Å². The highest BCUT2D eigenvalue weighted by Gasteiger charge is 2.30. The van der Waals surface area contributed by atoms with Crippen LogP contribution in [0.2, 0.25) is 0 Å². The summed E-state index contributed by atoms with van der Waals surface area (Å²) in [4.78, 5) is 35.0. The number of hydrogen-bond acceptors (Lipinski definition) is 8. The normalized spacial score (nSPS) is 12.7. The van der Waals surface area contributed by atoms with Gasteiger partial charge in [-0.05, 0) is 19.3 Å². The van der Waals surface area contributed by atoms with E-state index in [9.17, 15) is 14.4 Å². The molecule has 138 valence electrons. The predicted octanol–water partition coefficient (Wildman–Crippen LogP) is 1.79. The van der Waals surface area contributed by atoms with Crippen molar-refractivity contribution in [2.45, 2.75) is 32.6 Å². The lowest BCUT2D eigenvalue weighted by Gasteiger charge is -2.24. The molecule has 7 nitrogen and oxygen atoms in total. The summed E-state index contributed by atoms with van der Waals surface area (Å²) in [6.45, 7) is 2.33. The van der Waals surface area contributed by atoms with E-state index < -0.39 is 17.9 Å². The average Bonchev–Trinajstić information content (AvgIpc) is 2.60. The first kappa shape index (κ1) is 22.6. The summed E-state index contributed by atoms with van der Waals surface area (Å²) in [5.74, 6) is -2.55. The van der Waals surface area contributed by atoms with Gasteiger partial charge < -0.3 is 18.5 Å². The second-order valence-corrected chi connectivity index (χ2v) is 5.99. The lowest BCUT2D eigenvalue weighted by molar-refractivity contribution is -0.149. The lowest BCUT2D eigenvalue weighted by Crippen LogP contribution is -2.35. The van der Waals surface area contributed by atoms with E-state index in [0.29, 0.717) is 25.8 Å². The number of rotatable bonds is 10. The molecule has 0 spiro atoms. The second kappa shape index (κ2) is 12.1. The van der Waals surface area contributed by atoms with E-state index in [1.54, 1.807) is 0 Å². The molecule has 0 aliphatic heterocycles. The summed E-state index contributed by atoms with van der Waals surface area (Å²) in [6.07, 6.45) is 1.71. The number of methoxy groups -OCH3 is 3. The van der Waals surface area contributed by atoms with Gasteiger partial charge in [0.1, 0.15) is 10.9 Å². The van der Waals surface area contributed by atoms with Gasteiger partial charge in [0.05, 0.1) is 33.7 Å². The van der Waals surface area contributed by atoms with E-state index in [1.165, 1.54) is 25.6 Å². The molecule has 0 aromatic carbocycles. The second-order valence-electron chi connectivity index (χ2n) is 5.09. The van der Waals surface area contributed by atoms with Crippen LogP contribution >= 0.6 is 25.0 Å². The van der Waals surface area contributed by atoms with E-state index in [1.807, 2.05) is 6.92 Å². The Morgan fingerprint density at radius 1 is 1.08 bits per heavy atom. The topological polar surface area (TPSA) is 82.1 Å². The molecule has 24 heavy (non-hydrogen) atoms. The van der Waals surface area contributed by atoms with Crippen LogP contribution in [0.3, 0.4) is 0 Å². The van der Waals surface area contributed by atoms with Crippen LogP contribution < -0.4 is 0 Å². The van der Waals surface area contributed by atoms with E-state index in [-0.39, 0.29) is 23.3 Å². The number of carbonyl (C=O) groups excluding carboxylic acids is 3. The monoisotopic (exact) mass is 379 g/mol. The fourth-order valence-electron chi connectivity index (χ4n) is 2.10. The van der Waals surface area contributed by atoms with Gasteiger partial charge in [-0.3, -0.25) is 14.4 Å². The van der Waals surface area contributed by atoms with Crippen molar-refractivity contribution in [3.63, 3.8) is 0 Å². The maximum absolute atomic E-state index is 11.8. The van der Waals surface area contributed by atoms with Crippen LogP contribution in [-0.4, -0.2) is 55.1 Å². The van der Waals surface area contributed by atoms with Crippen molar-refractivity contribution in [1.82, 2.24) is 4.31 Å². The Morgan fingerprint density at radius 3 is 2.12 bits per heavy atom. The summed E-state index contributed by atoms with van der Waals surface area (Å²) in [5, 5.41) is 0. The Morgan fingerprint density at radius 2 is 1.67 bits per heavy atom. The van der Waals surface area contributed by atoms with Crippen molar-refractivity contribution in [2.24, 2.45) is 11.8 Å². The molecular weight excluding hydrogens is 354 g/mol. The van der Waals surface area contributed by atoms with Crippen LogP contribution in [0.25, 0.3) is 0 Å². The molecule has 0 radical (unpaired) electrons. The SMILES string of the molecule is CCC(CCCN(S)C(=S)C(CC(=O)OC)C(=O)OC)C(=O)OC. The zero-order chi connectivity index (χ0) is 18.7. The van der Waals surface area contributed by atoms with Crippen molar-refractivity contribution in [3.05, 3.63) is 0 Å². The van der Waals surface area contributed by atoms with Gasteiger partial charge in [0.2, 0.25) is 0 Å². The zero-order valence-corrected chi connectivity index (χ0v) is 16.2. The third kappa shape index (κ3) is 7.48. The summed E-state index contributed by atoms with van der Waals surface area (Å²) in [6, 6.07) is 0. The minimum absolute atomic E-state index is 0.182. The van der Waals surface area contributed by atoms with Crippen LogP contribution in [0, 0.1) is 11.8 Å². The first-order chi connectivity index (χ1) is 11.3. The molecule has 0 aromatic heterocycles. The minimum atomic E-state index is -0.933. The van der Waals surface area contributed by atoms with E-state index >= 15 is 0 Å². The van der Waals surface area contributed by atoms with E-state index in [2.05, 4.69) is 22.3 Å². The van der Waals surface area contributed by atoms with Crippen LogP contribution in [0.5, 0.6) is 0 Å². The van der Waals surface area contributed by atoms with Gasteiger partial charge in [0.25, 0.3) is 0 Å². The highest BCUT2D eigenvalue weighted by atomic mass is 32.1. The van der Waals surface area contributed by atoms with Gasteiger partial charge in [-0.15, -0.1) is 0 Å². The molecule has 0 fully saturated rings. The summed E-state index contributed by atoms with van der Waals surface area (Å²) in [5.41, 5.74) is 0. The van der Waals surface area contributed by atoms with Gasteiger partial charge in [-0.1, -0.05) is 32.0 Å². The Hall–Kier alpha value is -1.35. The zero-order valence-electron chi connectivity index (χ0n) is 14.4. The Kier molecular flexibility index (Phi) is 11.4. The highest BCUT2D eigenvalue weighted by Crippen LogP contribution is 2.18. The molecule has 0 aromatic rings. The summed E-state index contributed by atoms with van der Waals surface area (Å²) in [7, 11) is 3.81. The summed E-state index contributed by atoms with van der Waals surface area (Å²) >= 11 is 9.51. The third-order valence-electron chi connectivity index (χ3n) is 3.59.